The predicted molar refractivity (Wildman–Crippen MR) is 129 cm³/mol. The number of carbonyl (C=O) groups is 1. The van der Waals surface area contributed by atoms with Gasteiger partial charge in [0.05, 0.1) is 23.4 Å². The number of ether oxygens (including phenoxy) is 2. The van der Waals surface area contributed by atoms with Gasteiger partial charge in [-0.25, -0.2) is 4.79 Å². The molecule has 0 spiro atoms. The average Bonchev–Trinajstić information content (AvgIpc) is 3.11. The van der Waals surface area contributed by atoms with E-state index in [4.69, 9.17) is 9.47 Å². The van der Waals surface area contributed by atoms with Gasteiger partial charge in [0.15, 0.2) is 0 Å². The van der Waals surface area contributed by atoms with Gasteiger partial charge in [-0.3, -0.25) is 9.97 Å². The van der Waals surface area contributed by atoms with Crippen molar-refractivity contribution in [3.63, 3.8) is 0 Å². The average molecular weight is 454 g/mol. The molecule has 2 saturated heterocycles. The second-order valence-corrected chi connectivity index (χ2v) is 10.6. The van der Waals surface area contributed by atoms with Crippen molar-refractivity contribution in [2.75, 3.05) is 23.3 Å². The molecular weight excluding hydrogens is 418 g/mol. The molecule has 3 aliphatic rings. The van der Waals surface area contributed by atoms with Gasteiger partial charge in [-0.2, -0.15) is 0 Å². The van der Waals surface area contributed by atoms with Crippen LogP contribution in [0.15, 0.2) is 24.5 Å². The monoisotopic (exact) mass is 453 g/mol. The van der Waals surface area contributed by atoms with E-state index >= 15 is 0 Å². The number of hydrogen-bond acceptors (Lipinski definition) is 7. The standard InChI is InChI=1S/C25H35N5O3/c1-25(2,3)33-24(31)29-17-6-4-16(5-7-17)28-22-13-18(12-21-23(22)27-11-10-26-21)30-14-19-8-9-20(15-30)32-19/h10-13,16-17,19-20,28H,4-9,14-15H2,1-3H3,(H,29,31). The highest BCUT2D eigenvalue weighted by Crippen LogP contribution is 2.34. The number of fused-ring (bicyclic) bond motifs is 3. The summed E-state index contributed by atoms with van der Waals surface area (Å²) in [4.78, 5) is 23.8. The number of morpholine rings is 1. The second-order valence-electron chi connectivity index (χ2n) is 10.6. The van der Waals surface area contributed by atoms with Crippen LogP contribution in [0.25, 0.3) is 11.0 Å². The van der Waals surface area contributed by atoms with E-state index < -0.39 is 5.60 Å². The maximum absolute atomic E-state index is 12.1. The molecule has 3 heterocycles. The molecule has 2 unspecified atom stereocenters. The van der Waals surface area contributed by atoms with Gasteiger partial charge >= 0.3 is 6.09 Å². The smallest absolute Gasteiger partial charge is 0.407 e. The van der Waals surface area contributed by atoms with Crippen LogP contribution in [0.4, 0.5) is 16.2 Å². The fourth-order valence-corrected chi connectivity index (χ4v) is 5.25. The van der Waals surface area contributed by atoms with Crippen molar-refractivity contribution in [2.24, 2.45) is 0 Å². The Morgan fingerprint density at radius 3 is 2.36 bits per heavy atom. The van der Waals surface area contributed by atoms with Crippen molar-refractivity contribution >= 4 is 28.5 Å². The van der Waals surface area contributed by atoms with Crippen LogP contribution in [-0.2, 0) is 9.47 Å². The van der Waals surface area contributed by atoms with E-state index in [0.29, 0.717) is 18.2 Å². The summed E-state index contributed by atoms with van der Waals surface area (Å²) in [5.74, 6) is 0. The van der Waals surface area contributed by atoms with E-state index in [0.717, 1.165) is 68.3 Å². The minimum atomic E-state index is -0.476. The Kier molecular flexibility index (Phi) is 6.03. The van der Waals surface area contributed by atoms with Crippen molar-refractivity contribution in [1.29, 1.82) is 0 Å². The molecule has 2 aliphatic heterocycles. The van der Waals surface area contributed by atoms with Crippen LogP contribution in [0.3, 0.4) is 0 Å². The Bertz CT molecular complexity index is 987. The van der Waals surface area contributed by atoms with E-state index in [1.54, 1.807) is 12.4 Å². The van der Waals surface area contributed by atoms with Gasteiger partial charge in [0.2, 0.25) is 0 Å². The normalized spacial score (nSPS) is 27.4. The molecule has 2 atom stereocenters. The topological polar surface area (TPSA) is 88.6 Å². The van der Waals surface area contributed by atoms with Crippen molar-refractivity contribution in [1.82, 2.24) is 15.3 Å². The molecule has 2 bridgehead atoms. The summed E-state index contributed by atoms with van der Waals surface area (Å²) in [6.07, 6.45) is 9.97. The fourth-order valence-electron chi connectivity index (χ4n) is 5.25. The zero-order chi connectivity index (χ0) is 23.0. The summed E-state index contributed by atoms with van der Waals surface area (Å²) < 4.78 is 11.4. The number of carbonyl (C=O) groups excluding carboxylic acids is 1. The van der Waals surface area contributed by atoms with Crippen LogP contribution >= 0.6 is 0 Å². The molecule has 1 amide bonds. The van der Waals surface area contributed by atoms with Gasteiger partial charge in [-0.05, 0) is 71.4 Å². The first-order valence-electron chi connectivity index (χ1n) is 12.2. The summed E-state index contributed by atoms with van der Waals surface area (Å²) >= 11 is 0. The molecule has 33 heavy (non-hydrogen) atoms. The van der Waals surface area contributed by atoms with Gasteiger partial charge in [0.1, 0.15) is 11.1 Å². The summed E-state index contributed by atoms with van der Waals surface area (Å²) in [5, 5.41) is 6.78. The molecule has 5 rings (SSSR count). The van der Waals surface area contributed by atoms with E-state index in [-0.39, 0.29) is 12.1 Å². The molecule has 8 heteroatoms. The van der Waals surface area contributed by atoms with Crippen LogP contribution in [0, 0.1) is 0 Å². The number of alkyl carbamates (subject to hydrolysis) is 1. The lowest BCUT2D eigenvalue weighted by Gasteiger charge is -2.35. The predicted octanol–water partition coefficient (Wildman–Crippen LogP) is 4.25. The van der Waals surface area contributed by atoms with Crippen LogP contribution < -0.4 is 15.5 Å². The summed E-state index contributed by atoms with van der Waals surface area (Å²) in [5.41, 5.74) is 3.57. The fraction of sp³-hybridized carbons (Fsp3) is 0.640. The van der Waals surface area contributed by atoms with Gasteiger partial charge < -0.3 is 25.0 Å². The minimum absolute atomic E-state index is 0.157. The number of rotatable bonds is 4. The molecule has 0 radical (unpaired) electrons. The Balaban J connectivity index is 1.26. The summed E-state index contributed by atoms with van der Waals surface area (Å²) in [6.45, 7) is 7.52. The molecule has 1 aliphatic carbocycles. The molecule has 178 valence electrons. The summed E-state index contributed by atoms with van der Waals surface area (Å²) in [6, 6.07) is 4.87. The third-order valence-electron chi connectivity index (χ3n) is 6.77. The molecule has 2 N–H and O–H groups in total. The summed E-state index contributed by atoms with van der Waals surface area (Å²) in [7, 11) is 0. The molecule has 2 aromatic rings. The number of hydrogen-bond donors (Lipinski definition) is 2. The zero-order valence-electron chi connectivity index (χ0n) is 19.8. The maximum Gasteiger partial charge on any atom is 0.407 e. The van der Waals surface area contributed by atoms with Crippen molar-refractivity contribution in [2.45, 2.75) is 89.2 Å². The van der Waals surface area contributed by atoms with Crippen LogP contribution in [0.2, 0.25) is 0 Å². The van der Waals surface area contributed by atoms with E-state index in [1.807, 2.05) is 20.8 Å². The Morgan fingerprint density at radius 2 is 1.67 bits per heavy atom. The Labute approximate surface area is 195 Å². The van der Waals surface area contributed by atoms with Gasteiger partial charge in [0, 0.05) is 43.3 Å². The number of anilines is 2. The third-order valence-corrected chi connectivity index (χ3v) is 6.77. The van der Waals surface area contributed by atoms with Gasteiger partial charge in [0.25, 0.3) is 0 Å². The van der Waals surface area contributed by atoms with Crippen molar-refractivity contribution < 1.29 is 14.3 Å². The number of nitrogens with zero attached hydrogens (tertiary/aromatic N) is 3. The SMILES string of the molecule is CC(C)(C)OC(=O)NC1CCC(Nc2cc(N3CC4CCC(C3)O4)cc3nccnc23)CC1. The second kappa shape index (κ2) is 8.97. The Hall–Kier alpha value is -2.61. The highest BCUT2D eigenvalue weighted by molar-refractivity contribution is 5.91. The molecule has 1 saturated carbocycles. The van der Waals surface area contributed by atoms with Gasteiger partial charge in [-0.1, -0.05) is 0 Å². The largest absolute Gasteiger partial charge is 0.444 e. The first-order valence-corrected chi connectivity index (χ1v) is 12.2. The van der Waals surface area contributed by atoms with Crippen LogP contribution in [0.1, 0.15) is 59.3 Å². The van der Waals surface area contributed by atoms with E-state index in [1.165, 1.54) is 5.69 Å². The highest BCUT2D eigenvalue weighted by atomic mass is 16.6. The van der Waals surface area contributed by atoms with E-state index in [2.05, 4.69) is 37.6 Å². The lowest BCUT2D eigenvalue weighted by atomic mass is 9.91. The van der Waals surface area contributed by atoms with Gasteiger partial charge in [-0.15, -0.1) is 0 Å². The first kappa shape index (κ1) is 22.2. The molecule has 1 aromatic carbocycles. The number of benzene rings is 1. The first-order chi connectivity index (χ1) is 15.8. The Morgan fingerprint density at radius 1 is 1.00 bits per heavy atom. The molecule has 3 fully saturated rings. The number of nitrogens with one attached hydrogen (secondary N) is 2. The lowest BCUT2D eigenvalue weighted by Crippen LogP contribution is -2.43. The van der Waals surface area contributed by atoms with Crippen LogP contribution in [0.5, 0.6) is 0 Å². The number of amides is 1. The maximum atomic E-state index is 12.1. The lowest BCUT2D eigenvalue weighted by molar-refractivity contribution is 0.0305. The van der Waals surface area contributed by atoms with E-state index in [9.17, 15) is 4.79 Å². The molecule has 8 nitrogen and oxygen atoms in total. The third kappa shape index (κ3) is 5.32. The van der Waals surface area contributed by atoms with Crippen molar-refractivity contribution in [3.05, 3.63) is 24.5 Å². The minimum Gasteiger partial charge on any atom is -0.444 e. The molecule has 1 aromatic heterocycles. The molecular formula is C25H35N5O3. The quantitative estimate of drug-likeness (QED) is 0.716. The van der Waals surface area contributed by atoms with Crippen molar-refractivity contribution in [3.8, 4) is 0 Å². The van der Waals surface area contributed by atoms with Crippen LogP contribution in [-0.4, -0.2) is 59.0 Å². The highest BCUT2D eigenvalue weighted by Gasteiger charge is 2.34. The zero-order valence-corrected chi connectivity index (χ0v) is 19.8. The number of aromatic nitrogens is 2.